The maximum absolute atomic E-state index is 5.54. The van der Waals surface area contributed by atoms with Gasteiger partial charge in [-0.15, -0.1) is 17.5 Å². The van der Waals surface area contributed by atoms with E-state index in [1.54, 1.807) is 0 Å². The summed E-state index contributed by atoms with van der Waals surface area (Å²) in [6, 6.07) is 11.2. The third kappa shape index (κ3) is 3.11. The lowest BCUT2D eigenvalue weighted by Gasteiger charge is -2.31. The summed E-state index contributed by atoms with van der Waals surface area (Å²) in [5.74, 6) is 1.03. The summed E-state index contributed by atoms with van der Waals surface area (Å²) in [6.45, 7) is 2.19. The number of anilines is 1. The van der Waals surface area contributed by atoms with Gasteiger partial charge in [0.25, 0.3) is 0 Å². The van der Waals surface area contributed by atoms with Crippen LogP contribution in [0.4, 0.5) is 6.01 Å². The van der Waals surface area contributed by atoms with Gasteiger partial charge < -0.3 is 15.1 Å². The zero-order valence-electron chi connectivity index (χ0n) is 11.2. The van der Waals surface area contributed by atoms with E-state index >= 15 is 0 Å². The molecule has 1 atom stereocenters. The number of hydrogen-bond acceptors (Lipinski definition) is 5. The van der Waals surface area contributed by atoms with Crippen LogP contribution in [0.2, 0.25) is 0 Å². The highest BCUT2D eigenvalue weighted by Crippen LogP contribution is 2.29. The van der Waals surface area contributed by atoms with Crippen LogP contribution in [-0.2, 0) is 6.54 Å². The molecule has 1 aliphatic heterocycles. The van der Waals surface area contributed by atoms with E-state index in [4.69, 9.17) is 10.2 Å². The molecule has 0 amide bonds. The zero-order chi connectivity index (χ0) is 13.1. The SMILES string of the molecule is Cl.NCc1nnc(N2CCCC(c3ccccc3)C2)o1. The van der Waals surface area contributed by atoms with Gasteiger partial charge in [0.2, 0.25) is 5.89 Å². The number of aromatic nitrogens is 2. The van der Waals surface area contributed by atoms with E-state index in [0.29, 0.717) is 24.4 Å². The molecule has 2 aromatic rings. The first-order valence-electron chi connectivity index (χ1n) is 6.69. The van der Waals surface area contributed by atoms with E-state index in [2.05, 4.69) is 45.4 Å². The van der Waals surface area contributed by atoms with E-state index in [1.165, 1.54) is 12.0 Å². The van der Waals surface area contributed by atoms with Gasteiger partial charge in [0.15, 0.2) is 0 Å². The molecule has 1 saturated heterocycles. The minimum atomic E-state index is 0. The second-order valence-corrected chi connectivity index (χ2v) is 4.88. The first-order valence-corrected chi connectivity index (χ1v) is 6.69. The predicted molar refractivity (Wildman–Crippen MR) is 80.1 cm³/mol. The summed E-state index contributed by atoms with van der Waals surface area (Å²) in [5.41, 5.74) is 6.88. The molecule has 20 heavy (non-hydrogen) atoms. The monoisotopic (exact) mass is 294 g/mol. The molecule has 0 saturated carbocycles. The maximum Gasteiger partial charge on any atom is 0.318 e. The molecule has 3 rings (SSSR count). The van der Waals surface area contributed by atoms with Gasteiger partial charge in [0.1, 0.15) is 0 Å². The number of nitrogens with two attached hydrogens (primary N) is 1. The maximum atomic E-state index is 5.54. The summed E-state index contributed by atoms with van der Waals surface area (Å²) in [5, 5.41) is 7.99. The summed E-state index contributed by atoms with van der Waals surface area (Å²) < 4.78 is 5.54. The molecule has 0 radical (unpaired) electrons. The van der Waals surface area contributed by atoms with Crippen molar-refractivity contribution in [2.45, 2.75) is 25.3 Å². The molecule has 0 bridgehead atoms. The van der Waals surface area contributed by atoms with Crippen LogP contribution in [0.3, 0.4) is 0 Å². The normalized spacial score (nSPS) is 18.6. The molecule has 108 valence electrons. The van der Waals surface area contributed by atoms with E-state index in [9.17, 15) is 0 Å². The molecule has 1 aromatic heterocycles. The molecule has 1 aliphatic rings. The number of piperidine rings is 1. The van der Waals surface area contributed by atoms with Gasteiger partial charge >= 0.3 is 6.01 Å². The Bertz CT molecular complexity index is 531. The van der Waals surface area contributed by atoms with E-state index in [0.717, 1.165) is 19.5 Å². The smallest absolute Gasteiger partial charge is 0.318 e. The molecule has 2 N–H and O–H groups in total. The number of benzene rings is 1. The molecule has 0 aliphatic carbocycles. The molecule has 0 spiro atoms. The van der Waals surface area contributed by atoms with Crippen LogP contribution < -0.4 is 10.6 Å². The van der Waals surface area contributed by atoms with Gasteiger partial charge in [-0.1, -0.05) is 35.4 Å². The summed E-state index contributed by atoms with van der Waals surface area (Å²) in [4.78, 5) is 2.16. The quantitative estimate of drug-likeness (QED) is 0.941. The van der Waals surface area contributed by atoms with Crippen molar-refractivity contribution in [1.82, 2.24) is 10.2 Å². The Morgan fingerprint density at radius 3 is 2.75 bits per heavy atom. The second-order valence-electron chi connectivity index (χ2n) is 4.88. The van der Waals surface area contributed by atoms with Gasteiger partial charge in [-0.2, -0.15) is 0 Å². The third-order valence-electron chi connectivity index (χ3n) is 3.59. The Labute approximate surface area is 124 Å². The summed E-state index contributed by atoms with van der Waals surface area (Å²) in [6.07, 6.45) is 2.35. The average Bonchev–Trinajstić information content (AvgIpc) is 2.97. The van der Waals surface area contributed by atoms with E-state index < -0.39 is 0 Å². The lowest BCUT2D eigenvalue weighted by atomic mass is 9.91. The molecular formula is C14H19ClN4O. The van der Waals surface area contributed by atoms with Crippen molar-refractivity contribution in [3.8, 4) is 0 Å². The number of nitrogens with zero attached hydrogens (tertiary/aromatic N) is 3. The Morgan fingerprint density at radius 2 is 2.05 bits per heavy atom. The van der Waals surface area contributed by atoms with Gasteiger partial charge in [-0.3, -0.25) is 0 Å². The minimum Gasteiger partial charge on any atom is -0.407 e. The highest BCUT2D eigenvalue weighted by molar-refractivity contribution is 5.85. The Kier molecular flexibility index (Phi) is 4.98. The molecule has 6 heteroatoms. The average molecular weight is 295 g/mol. The Morgan fingerprint density at radius 1 is 1.25 bits per heavy atom. The predicted octanol–water partition coefficient (Wildman–Crippen LogP) is 2.33. The van der Waals surface area contributed by atoms with Crippen molar-refractivity contribution >= 4 is 18.4 Å². The highest BCUT2D eigenvalue weighted by Gasteiger charge is 2.24. The van der Waals surface area contributed by atoms with Crippen molar-refractivity contribution in [2.24, 2.45) is 5.73 Å². The molecule has 5 nitrogen and oxygen atoms in total. The minimum absolute atomic E-state index is 0. The fourth-order valence-electron chi connectivity index (χ4n) is 2.60. The van der Waals surface area contributed by atoms with Gasteiger partial charge in [-0.05, 0) is 18.4 Å². The van der Waals surface area contributed by atoms with Crippen molar-refractivity contribution in [3.05, 3.63) is 41.8 Å². The van der Waals surface area contributed by atoms with Gasteiger partial charge in [-0.25, -0.2) is 0 Å². The Balaban J connectivity index is 0.00000147. The van der Waals surface area contributed by atoms with Crippen molar-refractivity contribution in [3.63, 3.8) is 0 Å². The third-order valence-corrected chi connectivity index (χ3v) is 3.59. The van der Waals surface area contributed by atoms with Crippen molar-refractivity contribution in [2.75, 3.05) is 18.0 Å². The molecule has 1 unspecified atom stereocenters. The molecule has 1 aromatic carbocycles. The van der Waals surface area contributed by atoms with Crippen LogP contribution in [0.25, 0.3) is 0 Å². The zero-order valence-corrected chi connectivity index (χ0v) is 12.1. The lowest BCUT2D eigenvalue weighted by Crippen LogP contribution is -2.34. The number of rotatable bonds is 3. The van der Waals surface area contributed by atoms with E-state index in [-0.39, 0.29) is 12.4 Å². The number of halogens is 1. The highest BCUT2D eigenvalue weighted by atomic mass is 35.5. The Hall–Kier alpha value is -1.59. The molecular weight excluding hydrogens is 276 g/mol. The number of hydrogen-bond donors (Lipinski definition) is 1. The van der Waals surface area contributed by atoms with Crippen molar-refractivity contribution in [1.29, 1.82) is 0 Å². The first-order chi connectivity index (χ1) is 9.36. The molecule has 1 fully saturated rings. The summed E-state index contributed by atoms with van der Waals surface area (Å²) in [7, 11) is 0. The van der Waals surface area contributed by atoms with Crippen molar-refractivity contribution < 1.29 is 4.42 Å². The van der Waals surface area contributed by atoms with E-state index in [1.807, 2.05) is 0 Å². The van der Waals surface area contributed by atoms with Crippen LogP contribution in [0.15, 0.2) is 34.7 Å². The van der Waals surface area contributed by atoms with Crippen LogP contribution >= 0.6 is 12.4 Å². The second kappa shape index (κ2) is 6.72. The first kappa shape index (κ1) is 14.8. The van der Waals surface area contributed by atoms with Crippen LogP contribution in [0.1, 0.15) is 30.2 Å². The van der Waals surface area contributed by atoms with Crippen LogP contribution in [-0.4, -0.2) is 23.3 Å². The summed E-state index contributed by atoms with van der Waals surface area (Å²) >= 11 is 0. The van der Waals surface area contributed by atoms with Crippen LogP contribution in [0, 0.1) is 0 Å². The lowest BCUT2D eigenvalue weighted by molar-refractivity contribution is 0.442. The van der Waals surface area contributed by atoms with Gasteiger partial charge in [0.05, 0.1) is 6.54 Å². The van der Waals surface area contributed by atoms with Gasteiger partial charge in [0, 0.05) is 19.0 Å². The largest absolute Gasteiger partial charge is 0.407 e. The fourth-order valence-corrected chi connectivity index (χ4v) is 2.60. The molecule has 2 heterocycles. The standard InChI is InChI=1S/C14H18N4O.ClH/c15-9-13-16-17-14(19-13)18-8-4-7-12(10-18)11-5-2-1-3-6-11;/h1-3,5-6,12H,4,7-10,15H2;1H. The topological polar surface area (TPSA) is 68.2 Å². The fraction of sp³-hybridized carbons (Fsp3) is 0.429. The van der Waals surface area contributed by atoms with Crippen LogP contribution in [0.5, 0.6) is 0 Å².